The molecule has 0 aromatic heterocycles. The van der Waals surface area contributed by atoms with Crippen molar-refractivity contribution >= 4 is 34.8 Å². The summed E-state index contributed by atoms with van der Waals surface area (Å²) in [5.41, 5.74) is 1.26. The molecule has 0 radical (unpaired) electrons. The van der Waals surface area contributed by atoms with E-state index in [0.717, 1.165) is 24.1 Å². The summed E-state index contributed by atoms with van der Waals surface area (Å²) in [6.45, 7) is 0. The van der Waals surface area contributed by atoms with Crippen molar-refractivity contribution in [3.63, 3.8) is 0 Å². The van der Waals surface area contributed by atoms with Crippen LogP contribution in [-0.4, -0.2) is 5.91 Å². The van der Waals surface area contributed by atoms with Crippen molar-refractivity contribution in [3.8, 4) is 0 Å². The molecule has 0 heterocycles. The van der Waals surface area contributed by atoms with Crippen LogP contribution < -0.4 is 5.32 Å². The number of hydrogen-bond donors (Lipinski definition) is 1. The number of benzene rings is 2. The molecule has 0 aliphatic heterocycles. The lowest BCUT2D eigenvalue weighted by Crippen LogP contribution is -2.27. The van der Waals surface area contributed by atoms with E-state index >= 15 is 0 Å². The molecule has 2 aromatic rings. The topological polar surface area (TPSA) is 29.1 Å². The van der Waals surface area contributed by atoms with Crippen LogP contribution in [0.4, 0.5) is 5.69 Å². The molecule has 1 amide bonds. The summed E-state index contributed by atoms with van der Waals surface area (Å²) in [6, 6.07) is 14.7. The van der Waals surface area contributed by atoms with Crippen molar-refractivity contribution in [1.82, 2.24) is 0 Å². The van der Waals surface area contributed by atoms with Gasteiger partial charge in [0, 0.05) is 15.7 Å². The van der Waals surface area contributed by atoms with E-state index < -0.39 is 5.41 Å². The van der Waals surface area contributed by atoms with Crippen LogP contribution in [0.15, 0.2) is 48.5 Å². The van der Waals surface area contributed by atoms with Gasteiger partial charge in [0.25, 0.3) is 0 Å². The highest BCUT2D eigenvalue weighted by molar-refractivity contribution is 6.31. The van der Waals surface area contributed by atoms with E-state index in [0.29, 0.717) is 10.0 Å². The lowest BCUT2D eigenvalue weighted by molar-refractivity contribution is -0.118. The summed E-state index contributed by atoms with van der Waals surface area (Å²) >= 11 is 11.9. The number of anilines is 1. The fraction of sp³-hybridized carbons (Fsp3) is 0.188. The van der Waals surface area contributed by atoms with Gasteiger partial charge in [-0.1, -0.05) is 41.4 Å². The first-order valence-corrected chi connectivity index (χ1v) is 7.19. The average molecular weight is 306 g/mol. The summed E-state index contributed by atoms with van der Waals surface area (Å²) in [6.07, 6.45) is 1.69. The third kappa shape index (κ3) is 2.54. The summed E-state index contributed by atoms with van der Waals surface area (Å²) < 4.78 is 0. The van der Waals surface area contributed by atoms with Crippen molar-refractivity contribution in [2.75, 3.05) is 5.32 Å². The minimum atomic E-state index is -0.437. The molecule has 2 nitrogen and oxygen atoms in total. The lowest BCUT2D eigenvalue weighted by Gasteiger charge is -2.16. The summed E-state index contributed by atoms with van der Waals surface area (Å²) in [5.74, 6) is 0.00188. The van der Waals surface area contributed by atoms with Crippen LogP contribution in [0.3, 0.4) is 0 Å². The Balaban J connectivity index is 1.83. The molecule has 0 spiro atoms. The van der Waals surface area contributed by atoms with Crippen molar-refractivity contribution < 1.29 is 4.79 Å². The van der Waals surface area contributed by atoms with Gasteiger partial charge in [0.1, 0.15) is 0 Å². The molecule has 0 saturated heterocycles. The van der Waals surface area contributed by atoms with E-state index in [-0.39, 0.29) is 5.91 Å². The Morgan fingerprint density at radius 3 is 2.25 bits per heavy atom. The van der Waals surface area contributed by atoms with E-state index in [1.54, 1.807) is 12.1 Å². The van der Waals surface area contributed by atoms with E-state index in [4.69, 9.17) is 23.2 Å². The molecule has 1 saturated carbocycles. The van der Waals surface area contributed by atoms with Gasteiger partial charge in [-0.15, -0.1) is 0 Å². The molecule has 4 heteroatoms. The molecule has 0 bridgehead atoms. The van der Waals surface area contributed by atoms with Gasteiger partial charge in [0.15, 0.2) is 0 Å². The van der Waals surface area contributed by atoms with Gasteiger partial charge in [0.05, 0.1) is 5.41 Å². The Labute approximate surface area is 127 Å². The quantitative estimate of drug-likeness (QED) is 0.877. The first-order valence-electron chi connectivity index (χ1n) is 6.43. The number of nitrogens with one attached hydrogen (secondary N) is 1. The standard InChI is InChI=1S/C16H13Cl2NO/c17-12-4-1-3-11(9-12)16(7-8-16)15(20)19-14-6-2-5-13(18)10-14/h1-6,9-10H,7-8H2,(H,19,20). The van der Waals surface area contributed by atoms with Gasteiger partial charge in [-0.3, -0.25) is 4.79 Å². The van der Waals surface area contributed by atoms with Gasteiger partial charge in [0.2, 0.25) is 5.91 Å². The van der Waals surface area contributed by atoms with Crippen LogP contribution >= 0.6 is 23.2 Å². The van der Waals surface area contributed by atoms with Gasteiger partial charge in [-0.25, -0.2) is 0 Å². The molecule has 3 rings (SSSR count). The maximum absolute atomic E-state index is 12.5. The highest BCUT2D eigenvalue weighted by Gasteiger charge is 2.51. The van der Waals surface area contributed by atoms with Gasteiger partial charge >= 0.3 is 0 Å². The Hall–Kier alpha value is -1.51. The fourth-order valence-corrected chi connectivity index (χ4v) is 2.76. The van der Waals surface area contributed by atoms with Crippen LogP contribution in [0.1, 0.15) is 18.4 Å². The van der Waals surface area contributed by atoms with Gasteiger partial charge < -0.3 is 5.32 Å². The van der Waals surface area contributed by atoms with E-state index in [1.807, 2.05) is 36.4 Å². The maximum Gasteiger partial charge on any atom is 0.235 e. The predicted octanol–water partition coefficient (Wildman–Crippen LogP) is 4.66. The van der Waals surface area contributed by atoms with E-state index in [1.165, 1.54) is 0 Å². The number of carbonyl (C=O) groups is 1. The van der Waals surface area contributed by atoms with Crippen molar-refractivity contribution in [3.05, 3.63) is 64.1 Å². The van der Waals surface area contributed by atoms with E-state index in [9.17, 15) is 4.79 Å². The Bertz CT molecular complexity index is 665. The molecule has 1 N–H and O–H groups in total. The second-order valence-corrected chi connectivity index (χ2v) is 5.93. The van der Waals surface area contributed by atoms with Crippen LogP contribution in [0.25, 0.3) is 0 Å². The molecular weight excluding hydrogens is 293 g/mol. The Morgan fingerprint density at radius 2 is 1.65 bits per heavy atom. The third-order valence-corrected chi connectivity index (χ3v) is 4.11. The smallest absolute Gasteiger partial charge is 0.235 e. The number of halogens is 2. The van der Waals surface area contributed by atoms with Gasteiger partial charge in [-0.2, -0.15) is 0 Å². The summed E-state index contributed by atoms with van der Waals surface area (Å²) in [4.78, 5) is 12.5. The van der Waals surface area contributed by atoms with Crippen molar-refractivity contribution in [2.24, 2.45) is 0 Å². The normalized spacial score (nSPS) is 15.7. The zero-order valence-corrected chi connectivity index (χ0v) is 12.2. The third-order valence-electron chi connectivity index (χ3n) is 3.64. The second kappa shape index (κ2) is 5.12. The number of amides is 1. The average Bonchev–Trinajstić information content (AvgIpc) is 3.20. The molecule has 0 unspecified atom stereocenters. The molecule has 20 heavy (non-hydrogen) atoms. The largest absolute Gasteiger partial charge is 0.325 e. The van der Waals surface area contributed by atoms with Gasteiger partial charge in [-0.05, 0) is 48.7 Å². The molecular formula is C16H13Cl2NO. The molecule has 2 aromatic carbocycles. The Kier molecular flexibility index (Phi) is 3.45. The minimum absolute atomic E-state index is 0.00188. The first kappa shape index (κ1) is 13.5. The molecule has 1 fully saturated rings. The van der Waals surface area contributed by atoms with Crippen molar-refractivity contribution in [1.29, 1.82) is 0 Å². The number of hydrogen-bond acceptors (Lipinski definition) is 1. The molecule has 1 aliphatic rings. The highest BCUT2D eigenvalue weighted by atomic mass is 35.5. The molecule has 102 valence electrons. The first-order chi connectivity index (χ1) is 9.60. The Morgan fingerprint density at radius 1 is 1.00 bits per heavy atom. The second-order valence-electron chi connectivity index (χ2n) is 5.06. The lowest BCUT2D eigenvalue weighted by atomic mass is 9.95. The van der Waals surface area contributed by atoms with Crippen LogP contribution in [0, 0.1) is 0 Å². The number of carbonyl (C=O) groups excluding carboxylic acids is 1. The van der Waals surface area contributed by atoms with E-state index in [2.05, 4.69) is 5.32 Å². The monoisotopic (exact) mass is 305 g/mol. The van der Waals surface area contributed by atoms with Crippen LogP contribution in [-0.2, 0) is 10.2 Å². The molecule has 0 atom stereocenters. The zero-order chi connectivity index (χ0) is 14.2. The number of rotatable bonds is 3. The highest BCUT2D eigenvalue weighted by Crippen LogP contribution is 2.49. The van der Waals surface area contributed by atoms with Crippen molar-refractivity contribution in [2.45, 2.75) is 18.3 Å². The maximum atomic E-state index is 12.5. The fourth-order valence-electron chi connectivity index (χ4n) is 2.37. The summed E-state index contributed by atoms with van der Waals surface area (Å²) in [7, 11) is 0. The SMILES string of the molecule is O=C(Nc1cccc(Cl)c1)C1(c2cccc(Cl)c2)CC1. The van der Waals surface area contributed by atoms with Crippen LogP contribution in [0.5, 0.6) is 0 Å². The summed E-state index contributed by atoms with van der Waals surface area (Å²) in [5, 5.41) is 4.20. The zero-order valence-electron chi connectivity index (χ0n) is 10.7. The minimum Gasteiger partial charge on any atom is -0.325 e. The van der Waals surface area contributed by atoms with Crippen LogP contribution in [0.2, 0.25) is 10.0 Å². The predicted molar refractivity (Wildman–Crippen MR) is 82.4 cm³/mol. The molecule has 1 aliphatic carbocycles.